The predicted molar refractivity (Wildman–Crippen MR) is 77.6 cm³/mol. The Morgan fingerprint density at radius 3 is 2.62 bits per heavy atom. The van der Waals surface area contributed by atoms with Crippen molar-refractivity contribution >= 4 is 5.69 Å². The fourth-order valence-electron chi connectivity index (χ4n) is 2.10. The van der Waals surface area contributed by atoms with E-state index < -0.39 is 0 Å². The van der Waals surface area contributed by atoms with E-state index in [1.165, 1.54) is 18.5 Å². The van der Waals surface area contributed by atoms with Crippen LogP contribution in [0, 0.1) is 5.82 Å². The van der Waals surface area contributed by atoms with Crippen LogP contribution in [-0.4, -0.2) is 20.2 Å². The zero-order chi connectivity index (χ0) is 14.7. The van der Waals surface area contributed by atoms with Crippen molar-refractivity contribution in [1.82, 2.24) is 20.2 Å². The molecule has 21 heavy (non-hydrogen) atoms. The molecule has 0 saturated heterocycles. The standard InChI is InChI=1S/C15H14FN5/c1-11(12-3-2-4-13(16)9-12)18-14-5-7-15(8-6-14)21-10-17-19-20-21/h2-11,18H,1H3. The first kappa shape index (κ1) is 13.2. The number of benzene rings is 2. The summed E-state index contributed by atoms with van der Waals surface area (Å²) in [5, 5.41) is 14.4. The summed E-state index contributed by atoms with van der Waals surface area (Å²) in [4.78, 5) is 0. The minimum absolute atomic E-state index is 0.0135. The van der Waals surface area contributed by atoms with Crippen molar-refractivity contribution in [3.63, 3.8) is 0 Å². The van der Waals surface area contributed by atoms with Crippen LogP contribution in [0.1, 0.15) is 18.5 Å². The lowest BCUT2D eigenvalue weighted by Gasteiger charge is -2.16. The predicted octanol–water partition coefficient (Wildman–Crippen LogP) is 2.97. The number of hydrogen-bond acceptors (Lipinski definition) is 4. The van der Waals surface area contributed by atoms with E-state index in [0.717, 1.165) is 16.9 Å². The molecule has 1 atom stereocenters. The van der Waals surface area contributed by atoms with Gasteiger partial charge in [-0.1, -0.05) is 12.1 Å². The maximum Gasteiger partial charge on any atom is 0.143 e. The Morgan fingerprint density at radius 1 is 1.14 bits per heavy atom. The van der Waals surface area contributed by atoms with Gasteiger partial charge in [0.25, 0.3) is 0 Å². The Labute approximate surface area is 121 Å². The summed E-state index contributed by atoms with van der Waals surface area (Å²) < 4.78 is 14.8. The van der Waals surface area contributed by atoms with E-state index in [4.69, 9.17) is 0 Å². The van der Waals surface area contributed by atoms with Gasteiger partial charge in [-0.15, -0.1) is 5.10 Å². The lowest BCUT2D eigenvalue weighted by Crippen LogP contribution is -2.07. The quantitative estimate of drug-likeness (QED) is 0.799. The summed E-state index contributed by atoms with van der Waals surface area (Å²) in [6.07, 6.45) is 1.54. The van der Waals surface area contributed by atoms with Crippen LogP contribution >= 0.6 is 0 Å². The Balaban J connectivity index is 1.73. The first-order valence-electron chi connectivity index (χ1n) is 6.58. The maximum atomic E-state index is 13.2. The summed E-state index contributed by atoms with van der Waals surface area (Å²) in [6, 6.07) is 14.3. The molecule has 3 rings (SSSR count). The highest BCUT2D eigenvalue weighted by molar-refractivity contribution is 5.49. The van der Waals surface area contributed by atoms with Gasteiger partial charge in [0.05, 0.1) is 5.69 Å². The van der Waals surface area contributed by atoms with Gasteiger partial charge in [0, 0.05) is 11.7 Å². The molecule has 0 amide bonds. The van der Waals surface area contributed by atoms with Crippen LogP contribution in [0.15, 0.2) is 54.9 Å². The number of rotatable bonds is 4. The van der Waals surface area contributed by atoms with Crippen LogP contribution in [0.25, 0.3) is 5.69 Å². The van der Waals surface area contributed by atoms with E-state index in [1.54, 1.807) is 10.7 Å². The van der Waals surface area contributed by atoms with Gasteiger partial charge in [-0.05, 0) is 59.3 Å². The molecule has 2 aromatic carbocycles. The molecular formula is C15H14FN5. The largest absolute Gasteiger partial charge is 0.379 e. The molecule has 0 spiro atoms. The van der Waals surface area contributed by atoms with Crippen molar-refractivity contribution in [2.45, 2.75) is 13.0 Å². The Morgan fingerprint density at radius 2 is 1.95 bits per heavy atom. The van der Waals surface area contributed by atoms with Crippen LogP contribution in [0.3, 0.4) is 0 Å². The molecule has 1 heterocycles. The molecule has 0 radical (unpaired) electrons. The van der Waals surface area contributed by atoms with Gasteiger partial charge in [0.1, 0.15) is 12.1 Å². The summed E-state index contributed by atoms with van der Waals surface area (Å²) in [6.45, 7) is 1.99. The van der Waals surface area contributed by atoms with E-state index in [1.807, 2.05) is 37.3 Å². The fraction of sp³-hybridized carbons (Fsp3) is 0.133. The molecule has 0 aliphatic carbocycles. The third-order valence-corrected chi connectivity index (χ3v) is 3.21. The van der Waals surface area contributed by atoms with Gasteiger partial charge < -0.3 is 5.32 Å². The van der Waals surface area contributed by atoms with Crippen LogP contribution < -0.4 is 5.32 Å². The van der Waals surface area contributed by atoms with Gasteiger partial charge in [0.2, 0.25) is 0 Å². The van der Waals surface area contributed by atoms with Crippen molar-refractivity contribution in [3.05, 3.63) is 66.2 Å². The monoisotopic (exact) mass is 283 g/mol. The second-order valence-corrected chi connectivity index (χ2v) is 4.72. The Kier molecular flexibility index (Phi) is 3.59. The van der Waals surface area contributed by atoms with E-state index in [0.29, 0.717) is 0 Å². The number of hydrogen-bond donors (Lipinski definition) is 1. The fourth-order valence-corrected chi connectivity index (χ4v) is 2.10. The van der Waals surface area contributed by atoms with Crippen LogP contribution in [0.5, 0.6) is 0 Å². The molecule has 1 aromatic heterocycles. The Hall–Kier alpha value is -2.76. The summed E-state index contributed by atoms with van der Waals surface area (Å²) >= 11 is 0. The van der Waals surface area contributed by atoms with Gasteiger partial charge in [-0.2, -0.15) is 0 Å². The maximum absolute atomic E-state index is 13.2. The molecule has 1 N–H and O–H groups in total. The highest BCUT2D eigenvalue weighted by atomic mass is 19.1. The average Bonchev–Trinajstić information content (AvgIpc) is 3.02. The van der Waals surface area contributed by atoms with Crippen molar-refractivity contribution in [1.29, 1.82) is 0 Å². The van der Waals surface area contributed by atoms with E-state index >= 15 is 0 Å². The van der Waals surface area contributed by atoms with Gasteiger partial charge >= 0.3 is 0 Å². The van der Waals surface area contributed by atoms with Crippen LogP contribution in [0.2, 0.25) is 0 Å². The third kappa shape index (κ3) is 3.05. The summed E-state index contributed by atoms with van der Waals surface area (Å²) in [5.41, 5.74) is 2.73. The number of tetrazole rings is 1. The van der Waals surface area contributed by atoms with E-state index in [-0.39, 0.29) is 11.9 Å². The second-order valence-electron chi connectivity index (χ2n) is 4.72. The average molecular weight is 283 g/mol. The molecule has 106 valence electrons. The molecule has 0 aliphatic rings. The summed E-state index contributed by atoms with van der Waals surface area (Å²) in [7, 11) is 0. The third-order valence-electron chi connectivity index (χ3n) is 3.21. The molecule has 5 nitrogen and oxygen atoms in total. The van der Waals surface area contributed by atoms with Crippen molar-refractivity contribution in [2.75, 3.05) is 5.32 Å². The zero-order valence-corrected chi connectivity index (χ0v) is 11.4. The molecule has 1 unspecified atom stereocenters. The number of nitrogens with zero attached hydrogens (tertiary/aromatic N) is 4. The minimum Gasteiger partial charge on any atom is -0.379 e. The van der Waals surface area contributed by atoms with Gasteiger partial charge in [-0.3, -0.25) is 0 Å². The summed E-state index contributed by atoms with van der Waals surface area (Å²) in [5.74, 6) is -0.227. The SMILES string of the molecule is CC(Nc1ccc(-n2cnnn2)cc1)c1cccc(F)c1. The number of aromatic nitrogens is 4. The highest BCUT2D eigenvalue weighted by Crippen LogP contribution is 2.20. The molecular weight excluding hydrogens is 269 g/mol. The lowest BCUT2D eigenvalue weighted by molar-refractivity contribution is 0.623. The molecule has 0 fully saturated rings. The zero-order valence-electron chi connectivity index (χ0n) is 11.4. The second kappa shape index (κ2) is 5.70. The molecule has 3 aromatic rings. The van der Waals surface area contributed by atoms with Gasteiger partial charge in [-0.25, -0.2) is 9.07 Å². The topological polar surface area (TPSA) is 55.6 Å². The van der Waals surface area contributed by atoms with Crippen molar-refractivity contribution in [3.8, 4) is 5.69 Å². The molecule has 0 saturated carbocycles. The van der Waals surface area contributed by atoms with Crippen LogP contribution in [-0.2, 0) is 0 Å². The van der Waals surface area contributed by atoms with E-state index in [9.17, 15) is 4.39 Å². The normalized spacial score (nSPS) is 12.1. The van der Waals surface area contributed by atoms with Crippen molar-refractivity contribution in [2.24, 2.45) is 0 Å². The number of halogens is 1. The minimum atomic E-state index is -0.227. The number of anilines is 1. The molecule has 0 aliphatic heterocycles. The molecule has 6 heteroatoms. The first-order valence-corrected chi connectivity index (χ1v) is 6.58. The van der Waals surface area contributed by atoms with Crippen LogP contribution in [0.4, 0.5) is 10.1 Å². The van der Waals surface area contributed by atoms with Crippen molar-refractivity contribution < 1.29 is 4.39 Å². The Bertz CT molecular complexity index is 709. The van der Waals surface area contributed by atoms with Gasteiger partial charge in [0.15, 0.2) is 0 Å². The van der Waals surface area contributed by atoms with E-state index in [2.05, 4.69) is 20.8 Å². The number of nitrogens with one attached hydrogen (secondary N) is 1. The lowest BCUT2D eigenvalue weighted by atomic mass is 10.1. The first-order chi connectivity index (χ1) is 10.2. The highest BCUT2D eigenvalue weighted by Gasteiger charge is 2.06. The molecule has 0 bridgehead atoms. The smallest absolute Gasteiger partial charge is 0.143 e.